The molecule has 1 saturated heterocycles. The van der Waals surface area contributed by atoms with Gasteiger partial charge in [-0.25, -0.2) is 0 Å². The lowest BCUT2D eigenvalue weighted by molar-refractivity contribution is -0.143. The van der Waals surface area contributed by atoms with Gasteiger partial charge in [0.1, 0.15) is 11.5 Å². The van der Waals surface area contributed by atoms with E-state index in [1.165, 1.54) is 0 Å². The van der Waals surface area contributed by atoms with Crippen LogP contribution in [0, 0.1) is 5.92 Å². The standard InChI is InChI=1S/C13H17NO3/c1-13-9(8-17-14(13)2)7-16-12-5-4-10(15-3)6-11(12)13/h4-6,9H,7-8H2,1-3H3/t9-,13+/m0/s1. The van der Waals surface area contributed by atoms with Crippen LogP contribution in [0.2, 0.25) is 0 Å². The summed E-state index contributed by atoms with van der Waals surface area (Å²) in [6.45, 7) is 3.62. The number of hydrogen-bond acceptors (Lipinski definition) is 4. The van der Waals surface area contributed by atoms with Gasteiger partial charge in [0, 0.05) is 18.5 Å². The molecule has 0 amide bonds. The van der Waals surface area contributed by atoms with Gasteiger partial charge in [-0.2, -0.15) is 5.06 Å². The van der Waals surface area contributed by atoms with Gasteiger partial charge in [-0.15, -0.1) is 0 Å². The number of nitrogens with zero attached hydrogens (tertiary/aromatic N) is 1. The Hall–Kier alpha value is -1.26. The lowest BCUT2D eigenvalue weighted by Crippen LogP contribution is -2.45. The normalized spacial score (nSPS) is 31.6. The molecule has 0 N–H and O–H groups in total. The summed E-state index contributed by atoms with van der Waals surface area (Å²) in [4.78, 5) is 5.65. The zero-order valence-electron chi connectivity index (χ0n) is 10.4. The average molecular weight is 235 g/mol. The number of fused-ring (bicyclic) bond motifs is 3. The summed E-state index contributed by atoms with van der Waals surface area (Å²) in [5, 5.41) is 1.94. The van der Waals surface area contributed by atoms with Crippen molar-refractivity contribution in [3.05, 3.63) is 23.8 Å². The first-order valence-electron chi connectivity index (χ1n) is 5.84. The van der Waals surface area contributed by atoms with Gasteiger partial charge in [0.25, 0.3) is 0 Å². The van der Waals surface area contributed by atoms with Crippen LogP contribution in [0.3, 0.4) is 0 Å². The molecule has 4 nitrogen and oxygen atoms in total. The fourth-order valence-corrected chi connectivity index (χ4v) is 2.70. The average Bonchev–Trinajstić information content (AvgIpc) is 2.66. The van der Waals surface area contributed by atoms with Crippen molar-refractivity contribution in [2.45, 2.75) is 12.5 Å². The minimum Gasteiger partial charge on any atom is -0.497 e. The van der Waals surface area contributed by atoms with E-state index in [1.54, 1.807) is 7.11 Å². The second-order valence-electron chi connectivity index (χ2n) is 4.81. The molecule has 2 atom stereocenters. The molecule has 1 fully saturated rings. The van der Waals surface area contributed by atoms with Crippen LogP contribution in [0.25, 0.3) is 0 Å². The van der Waals surface area contributed by atoms with Crippen molar-refractivity contribution in [2.75, 3.05) is 27.4 Å². The van der Waals surface area contributed by atoms with Crippen molar-refractivity contribution in [3.63, 3.8) is 0 Å². The predicted molar refractivity (Wildman–Crippen MR) is 63.0 cm³/mol. The molecule has 1 aromatic carbocycles. The van der Waals surface area contributed by atoms with Gasteiger partial charge in [0.05, 0.1) is 25.9 Å². The van der Waals surface area contributed by atoms with E-state index in [2.05, 4.69) is 6.92 Å². The molecule has 2 aliphatic heterocycles. The van der Waals surface area contributed by atoms with E-state index in [4.69, 9.17) is 14.3 Å². The molecular formula is C13H17NO3. The number of rotatable bonds is 1. The zero-order valence-corrected chi connectivity index (χ0v) is 10.4. The maximum atomic E-state index is 5.79. The van der Waals surface area contributed by atoms with Gasteiger partial charge in [0.2, 0.25) is 0 Å². The molecule has 0 saturated carbocycles. The van der Waals surface area contributed by atoms with Crippen molar-refractivity contribution >= 4 is 0 Å². The first kappa shape index (κ1) is 10.9. The van der Waals surface area contributed by atoms with Crippen molar-refractivity contribution in [2.24, 2.45) is 5.92 Å². The van der Waals surface area contributed by atoms with Gasteiger partial charge in [-0.1, -0.05) is 0 Å². The summed E-state index contributed by atoms with van der Waals surface area (Å²) in [6.07, 6.45) is 0. The minimum absolute atomic E-state index is 0.123. The highest BCUT2D eigenvalue weighted by molar-refractivity contribution is 5.46. The summed E-state index contributed by atoms with van der Waals surface area (Å²) in [5.74, 6) is 2.16. The van der Waals surface area contributed by atoms with Crippen LogP contribution in [-0.2, 0) is 10.4 Å². The van der Waals surface area contributed by atoms with E-state index in [-0.39, 0.29) is 5.54 Å². The Morgan fingerprint density at radius 1 is 1.41 bits per heavy atom. The maximum absolute atomic E-state index is 5.79. The van der Waals surface area contributed by atoms with Gasteiger partial charge >= 0.3 is 0 Å². The molecular weight excluding hydrogens is 218 g/mol. The van der Waals surface area contributed by atoms with Crippen LogP contribution < -0.4 is 9.47 Å². The van der Waals surface area contributed by atoms with E-state index in [1.807, 2.05) is 30.3 Å². The minimum atomic E-state index is -0.123. The highest BCUT2D eigenvalue weighted by Crippen LogP contribution is 2.48. The Balaban J connectivity index is 2.14. The summed E-state index contributed by atoms with van der Waals surface area (Å²) in [5.41, 5.74) is 1.02. The molecule has 1 aromatic rings. The topological polar surface area (TPSA) is 30.9 Å². The molecule has 0 spiro atoms. The van der Waals surface area contributed by atoms with Crippen LogP contribution >= 0.6 is 0 Å². The van der Waals surface area contributed by atoms with Crippen molar-refractivity contribution in [1.29, 1.82) is 0 Å². The summed E-state index contributed by atoms with van der Waals surface area (Å²) in [6, 6.07) is 5.95. The molecule has 0 aromatic heterocycles. The molecule has 17 heavy (non-hydrogen) atoms. The first-order chi connectivity index (χ1) is 8.16. The number of benzene rings is 1. The van der Waals surface area contributed by atoms with Crippen LogP contribution in [-0.4, -0.2) is 32.4 Å². The monoisotopic (exact) mass is 235 g/mol. The third-order valence-electron chi connectivity index (χ3n) is 4.09. The van der Waals surface area contributed by atoms with Crippen LogP contribution in [0.15, 0.2) is 18.2 Å². The lowest BCUT2D eigenvalue weighted by atomic mass is 9.79. The van der Waals surface area contributed by atoms with Crippen molar-refractivity contribution < 1.29 is 14.3 Å². The van der Waals surface area contributed by atoms with E-state index in [0.29, 0.717) is 19.1 Å². The Morgan fingerprint density at radius 2 is 2.24 bits per heavy atom. The van der Waals surface area contributed by atoms with E-state index in [0.717, 1.165) is 17.1 Å². The quantitative estimate of drug-likeness (QED) is 0.742. The Morgan fingerprint density at radius 3 is 3.00 bits per heavy atom. The lowest BCUT2D eigenvalue weighted by Gasteiger charge is -2.39. The van der Waals surface area contributed by atoms with Crippen molar-refractivity contribution in [3.8, 4) is 11.5 Å². The highest BCUT2D eigenvalue weighted by Gasteiger charge is 2.50. The fourth-order valence-electron chi connectivity index (χ4n) is 2.70. The number of hydroxylamine groups is 2. The first-order valence-corrected chi connectivity index (χ1v) is 5.84. The number of hydrogen-bond donors (Lipinski definition) is 0. The van der Waals surface area contributed by atoms with Gasteiger partial charge in [-0.05, 0) is 25.1 Å². The molecule has 0 aliphatic carbocycles. The largest absolute Gasteiger partial charge is 0.497 e. The highest BCUT2D eigenvalue weighted by atomic mass is 16.7. The summed E-state index contributed by atoms with van der Waals surface area (Å²) in [7, 11) is 3.66. The molecule has 0 unspecified atom stereocenters. The molecule has 92 valence electrons. The third kappa shape index (κ3) is 1.37. The summed E-state index contributed by atoms with van der Waals surface area (Å²) < 4.78 is 11.1. The fraction of sp³-hybridized carbons (Fsp3) is 0.538. The predicted octanol–water partition coefficient (Wildman–Crippen LogP) is 1.80. The van der Waals surface area contributed by atoms with Crippen LogP contribution in [0.1, 0.15) is 12.5 Å². The molecule has 0 radical (unpaired) electrons. The molecule has 3 rings (SSSR count). The number of ether oxygens (including phenoxy) is 2. The van der Waals surface area contributed by atoms with Gasteiger partial charge < -0.3 is 9.47 Å². The van der Waals surface area contributed by atoms with Crippen molar-refractivity contribution in [1.82, 2.24) is 5.06 Å². The third-order valence-corrected chi connectivity index (χ3v) is 4.09. The zero-order chi connectivity index (χ0) is 12.0. The smallest absolute Gasteiger partial charge is 0.124 e. The Bertz CT molecular complexity index is 448. The van der Waals surface area contributed by atoms with Crippen LogP contribution in [0.4, 0.5) is 0 Å². The van der Waals surface area contributed by atoms with Crippen LogP contribution in [0.5, 0.6) is 11.5 Å². The Kier molecular flexibility index (Phi) is 2.31. The van der Waals surface area contributed by atoms with Gasteiger partial charge in [-0.3, -0.25) is 4.84 Å². The van der Waals surface area contributed by atoms with E-state index >= 15 is 0 Å². The molecule has 2 heterocycles. The number of methoxy groups -OCH3 is 1. The molecule has 0 bridgehead atoms. The molecule has 4 heteroatoms. The second-order valence-corrected chi connectivity index (χ2v) is 4.81. The Labute approximate surface area is 101 Å². The SMILES string of the molecule is COc1ccc2c(c1)[C@@]1(C)[C@@H](CO2)CON1C. The van der Waals surface area contributed by atoms with Gasteiger partial charge in [0.15, 0.2) is 0 Å². The summed E-state index contributed by atoms with van der Waals surface area (Å²) >= 11 is 0. The second kappa shape index (κ2) is 3.62. The maximum Gasteiger partial charge on any atom is 0.124 e. The van der Waals surface area contributed by atoms with E-state index in [9.17, 15) is 0 Å². The van der Waals surface area contributed by atoms with E-state index < -0.39 is 0 Å². The molecule has 2 aliphatic rings.